The first kappa shape index (κ1) is 14.7. The molecule has 1 aliphatic carbocycles. The molecule has 0 saturated heterocycles. The van der Waals surface area contributed by atoms with Crippen LogP contribution in [0.3, 0.4) is 0 Å². The Balaban J connectivity index is 2.62. The third-order valence-electron chi connectivity index (χ3n) is 4.85. The first-order chi connectivity index (χ1) is 8.08. The molecule has 0 aliphatic heterocycles. The first-order valence-corrected chi connectivity index (χ1v) is 7.25. The van der Waals surface area contributed by atoms with E-state index in [2.05, 4.69) is 32.7 Å². The molecule has 17 heavy (non-hydrogen) atoms. The molecule has 0 bridgehead atoms. The SMILES string of the molecule is CCC(C=O)(CC)CN(C)C1CCCCC1C. The summed E-state index contributed by atoms with van der Waals surface area (Å²) in [4.78, 5) is 13.8. The summed E-state index contributed by atoms with van der Waals surface area (Å²) >= 11 is 0. The summed E-state index contributed by atoms with van der Waals surface area (Å²) in [6, 6.07) is 0.682. The van der Waals surface area contributed by atoms with Gasteiger partial charge in [0, 0.05) is 18.0 Å². The minimum atomic E-state index is -0.119. The molecule has 100 valence electrons. The number of rotatable bonds is 6. The molecule has 1 aliphatic rings. The number of aldehydes is 1. The molecule has 0 N–H and O–H groups in total. The van der Waals surface area contributed by atoms with Crippen molar-refractivity contribution in [2.75, 3.05) is 13.6 Å². The lowest BCUT2D eigenvalue weighted by atomic mass is 9.80. The highest BCUT2D eigenvalue weighted by Gasteiger charge is 2.32. The minimum absolute atomic E-state index is 0.119. The fourth-order valence-corrected chi connectivity index (χ4v) is 3.24. The van der Waals surface area contributed by atoms with Crippen LogP contribution in [0, 0.1) is 11.3 Å². The summed E-state index contributed by atoms with van der Waals surface area (Å²) < 4.78 is 0. The molecule has 1 fully saturated rings. The average Bonchev–Trinajstić information content (AvgIpc) is 2.36. The molecule has 0 aromatic rings. The second-order valence-corrected chi connectivity index (χ2v) is 5.93. The van der Waals surface area contributed by atoms with E-state index < -0.39 is 0 Å². The summed E-state index contributed by atoms with van der Waals surface area (Å²) in [5.41, 5.74) is -0.119. The lowest BCUT2D eigenvalue weighted by Crippen LogP contribution is -2.45. The molecule has 0 amide bonds. The van der Waals surface area contributed by atoms with Gasteiger partial charge in [0.2, 0.25) is 0 Å². The topological polar surface area (TPSA) is 20.3 Å². The van der Waals surface area contributed by atoms with Crippen molar-refractivity contribution in [3.8, 4) is 0 Å². The molecule has 0 radical (unpaired) electrons. The number of nitrogens with zero attached hydrogens (tertiary/aromatic N) is 1. The maximum atomic E-state index is 11.4. The van der Waals surface area contributed by atoms with Gasteiger partial charge in [-0.25, -0.2) is 0 Å². The molecule has 1 rings (SSSR count). The van der Waals surface area contributed by atoms with E-state index >= 15 is 0 Å². The largest absolute Gasteiger partial charge is 0.303 e. The number of hydrogen-bond acceptors (Lipinski definition) is 2. The van der Waals surface area contributed by atoms with Crippen molar-refractivity contribution in [2.45, 2.75) is 65.3 Å². The molecule has 2 heteroatoms. The van der Waals surface area contributed by atoms with E-state index in [1.54, 1.807) is 0 Å². The molecule has 0 aromatic heterocycles. The standard InChI is InChI=1S/C15H29NO/c1-5-15(6-2,12-17)11-16(4)14-10-8-7-9-13(14)3/h12-14H,5-11H2,1-4H3. The molecule has 0 spiro atoms. The van der Waals surface area contributed by atoms with Crippen molar-refractivity contribution in [2.24, 2.45) is 11.3 Å². The van der Waals surface area contributed by atoms with Gasteiger partial charge in [-0.1, -0.05) is 33.6 Å². The van der Waals surface area contributed by atoms with E-state index in [1.807, 2.05) is 0 Å². The van der Waals surface area contributed by atoms with Crippen LogP contribution in [0.2, 0.25) is 0 Å². The van der Waals surface area contributed by atoms with Gasteiger partial charge in [0.05, 0.1) is 0 Å². The zero-order valence-electron chi connectivity index (χ0n) is 12.0. The molecule has 1 saturated carbocycles. The fourth-order valence-electron chi connectivity index (χ4n) is 3.24. The smallest absolute Gasteiger partial charge is 0.127 e. The highest BCUT2D eigenvalue weighted by atomic mass is 16.1. The predicted molar refractivity (Wildman–Crippen MR) is 73.1 cm³/mol. The molecule has 2 atom stereocenters. The van der Waals surface area contributed by atoms with Crippen LogP contribution in [0.1, 0.15) is 59.3 Å². The summed E-state index contributed by atoms with van der Waals surface area (Å²) in [6.07, 6.45) is 8.49. The molecular weight excluding hydrogens is 210 g/mol. The average molecular weight is 239 g/mol. The normalized spacial score (nSPS) is 26.2. The van der Waals surface area contributed by atoms with Crippen molar-refractivity contribution in [3.63, 3.8) is 0 Å². The Morgan fingerprint density at radius 1 is 1.24 bits per heavy atom. The summed E-state index contributed by atoms with van der Waals surface area (Å²) in [7, 11) is 2.20. The number of carbonyl (C=O) groups excluding carboxylic acids is 1. The van der Waals surface area contributed by atoms with E-state index in [1.165, 1.54) is 32.0 Å². The quantitative estimate of drug-likeness (QED) is 0.661. The Morgan fingerprint density at radius 3 is 2.29 bits per heavy atom. The second-order valence-electron chi connectivity index (χ2n) is 5.93. The van der Waals surface area contributed by atoms with Crippen LogP contribution < -0.4 is 0 Å². The van der Waals surface area contributed by atoms with Crippen molar-refractivity contribution in [3.05, 3.63) is 0 Å². The monoisotopic (exact) mass is 239 g/mol. The third kappa shape index (κ3) is 3.54. The Bertz CT molecular complexity index is 235. The van der Waals surface area contributed by atoms with Gasteiger partial charge in [0.25, 0.3) is 0 Å². The first-order valence-electron chi connectivity index (χ1n) is 7.25. The second kappa shape index (κ2) is 6.53. The molecule has 2 unspecified atom stereocenters. The van der Waals surface area contributed by atoms with E-state index in [-0.39, 0.29) is 5.41 Å². The van der Waals surface area contributed by atoms with Crippen LogP contribution >= 0.6 is 0 Å². The zero-order chi connectivity index (χ0) is 12.9. The summed E-state index contributed by atoms with van der Waals surface area (Å²) in [5.74, 6) is 0.784. The van der Waals surface area contributed by atoms with Crippen molar-refractivity contribution >= 4 is 6.29 Å². The van der Waals surface area contributed by atoms with Gasteiger partial charge in [-0.15, -0.1) is 0 Å². The predicted octanol–water partition coefficient (Wildman–Crippen LogP) is 3.50. The maximum Gasteiger partial charge on any atom is 0.127 e. The molecule has 0 heterocycles. The highest BCUT2D eigenvalue weighted by molar-refractivity contribution is 5.59. The van der Waals surface area contributed by atoms with Crippen molar-refractivity contribution in [1.29, 1.82) is 0 Å². The van der Waals surface area contributed by atoms with Crippen LogP contribution in [0.5, 0.6) is 0 Å². The van der Waals surface area contributed by atoms with Gasteiger partial charge in [-0.2, -0.15) is 0 Å². The van der Waals surface area contributed by atoms with Gasteiger partial charge in [-0.05, 0) is 38.6 Å². The number of carbonyl (C=O) groups is 1. The summed E-state index contributed by atoms with van der Waals surface area (Å²) in [5, 5.41) is 0. The Kier molecular flexibility index (Phi) is 5.64. The van der Waals surface area contributed by atoms with Gasteiger partial charge >= 0.3 is 0 Å². The van der Waals surface area contributed by atoms with Crippen molar-refractivity contribution in [1.82, 2.24) is 4.90 Å². The lowest BCUT2D eigenvalue weighted by molar-refractivity contribution is -0.118. The fraction of sp³-hybridized carbons (Fsp3) is 0.933. The highest BCUT2D eigenvalue weighted by Crippen LogP contribution is 2.31. The summed E-state index contributed by atoms with van der Waals surface area (Å²) in [6.45, 7) is 7.56. The molecular formula is C15H29NO. The van der Waals surface area contributed by atoms with Gasteiger partial charge < -0.3 is 9.69 Å². The molecule has 2 nitrogen and oxygen atoms in total. The van der Waals surface area contributed by atoms with E-state index in [0.29, 0.717) is 6.04 Å². The molecule has 0 aromatic carbocycles. The minimum Gasteiger partial charge on any atom is -0.303 e. The van der Waals surface area contributed by atoms with E-state index in [0.717, 1.165) is 25.3 Å². The van der Waals surface area contributed by atoms with Crippen molar-refractivity contribution < 1.29 is 4.79 Å². The third-order valence-corrected chi connectivity index (χ3v) is 4.85. The number of hydrogen-bond donors (Lipinski definition) is 0. The van der Waals surface area contributed by atoms with Crippen LogP contribution in [0.25, 0.3) is 0 Å². The van der Waals surface area contributed by atoms with Crippen LogP contribution in [0.4, 0.5) is 0 Å². The van der Waals surface area contributed by atoms with E-state index in [4.69, 9.17) is 0 Å². The van der Waals surface area contributed by atoms with Gasteiger partial charge in [-0.3, -0.25) is 0 Å². The van der Waals surface area contributed by atoms with Crippen LogP contribution in [-0.2, 0) is 4.79 Å². The van der Waals surface area contributed by atoms with Crippen LogP contribution in [-0.4, -0.2) is 30.8 Å². The van der Waals surface area contributed by atoms with Crippen LogP contribution in [0.15, 0.2) is 0 Å². The maximum absolute atomic E-state index is 11.4. The Hall–Kier alpha value is -0.370. The van der Waals surface area contributed by atoms with E-state index in [9.17, 15) is 4.79 Å². The Morgan fingerprint density at radius 2 is 1.82 bits per heavy atom. The van der Waals surface area contributed by atoms with Gasteiger partial charge in [0.1, 0.15) is 6.29 Å². The zero-order valence-corrected chi connectivity index (χ0v) is 12.0. The lowest BCUT2D eigenvalue weighted by Gasteiger charge is -2.40. The van der Waals surface area contributed by atoms with Gasteiger partial charge in [0.15, 0.2) is 0 Å². The Labute approximate surface area is 107 Å².